The topological polar surface area (TPSA) is 55.8 Å². The number of pyridine rings is 1. The second-order valence-corrected chi connectivity index (χ2v) is 7.87. The molecule has 7 heteroatoms. The quantitative estimate of drug-likeness (QED) is 0.551. The summed E-state index contributed by atoms with van der Waals surface area (Å²) in [7, 11) is 1.67. The Hall–Kier alpha value is -2.35. The Labute approximate surface area is 175 Å². The molecule has 0 bridgehead atoms. The number of rotatable bonds is 8. The van der Waals surface area contributed by atoms with Gasteiger partial charge in [-0.1, -0.05) is 0 Å². The lowest BCUT2D eigenvalue weighted by Gasteiger charge is -2.26. The monoisotopic (exact) mass is 413 g/mol. The molecule has 2 aromatic heterocycles. The summed E-state index contributed by atoms with van der Waals surface area (Å²) in [5.41, 5.74) is 4.23. The molecule has 1 aromatic carbocycles. The lowest BCUT2D eigenvalue weighted by atomic mass is 10.1. The molecule has 0 amide bonds. The van der Waals surface area contributed by atoms with E-state index in [9.17, 15) is 0 Å². The van der Waals surface area contributed by atoms with Gasteiger partial charge in [0.1, 0.15) is 0 Å². The Morgan fingerprint density at radius 3 is 2.79 bits per heavy atom. The van der Waals surface area contributed by atoms with E-state index in [0.717, 1.165) is 73.0 Å². The van der Waals surface area contributed by atoms with Crippen molar-refractivity contribution >= 4 is 33.6 Å². The number of morpholine rings is 1. The normalized spacial score (nSPS) is 14.8. The van der Waals surface area contributed by atoms with Crippen LogP contribution in [0.25, 0.3) is 10.9 Å². The van der Waals surface area contributed by atoms with Gasteiger partial charge in [-0.2, -0.15) is 0 Å². The Bertz CT molecular complexity index is 954. The fourth-order valence-corrected chi connectivity index (χ4v) is 4.24. The molecule has 0 radical (unpaired) electrons. The van der Waals surface area contributed by atoms with Crippen LogP contribution in [0.3, 0.4) is 0 Å². The first-order chi connectivity index (χ1) is 14.2. The number of methoxy groups -OCH3 is 1. The molecular formula is C22H27N3O3S. The van der Waals surface area contributed by atoms with E-state index >= 15 is 0 Å². The van der Waals surface area contributed by atoms with Crippen LogP contribution in [0.15, 0.2) is 35.2 Å². The maximum atomic E-state index is 6.05. The average Bonchev–Trinajstić information content (AvgIpc) is 3.16. The number of nitrogens with one attached hydrogen (secondary N) is 1. The van der Waals surface area contributed by atoms with E-state index in [-0.39, 0.29) is 0 Å². The zero-order valence-electron chi connectivity index (χ0n) is 16.9. The van der Waals surface area contributed by atoms with Crippen LogP contribution in [0.2, 0.25) is 0 Å². The summed E-state index contributed by atoms with van der Waals surface area (Å²) in [4.78, 5) is 6.95. The van der Waals surface area contributed by atoms with Gasteiger partial charge in [-0.05, 0) is 36.4 Å². The smallest absolute Gasteiger partial charge is 0.163 e. The SMILES string of the molecule is COc1cc2c(Nc3cscc3C)ccnc2cc1OCCCN1CCOCC1. The van der Waals surface area contributed by atoms with Gasteiger partial charge >= 0.3 is 0 Å². The molecule has 1 aliphatic heterocycles. The van der Waals surface area contributed by atoms with Crippen LogP contribution >= 0.6 is 11.3 Å². The lowest BCUT2D eigenvalue weighted by Crippen LogP contribution is -2.37. The highest BCUT2D eigenvalue weighted by atomic mass is 32.1. The van der Waals surface area contributed by atoms with E-state index in [0.29, 0.717) is 6.61 Å². The van der Waals surface area contributed by atoms with Crippen LogP contribution in [0.5, 0.6) is 11.5 Å². The van der Waals surface area contributed by atoms with Gasteiger partial charge in [0.2, 0.25) is 0 Å². The summed E-state index contributed by atoms with van der Waals surface area (Å²) in [5, 5.41) is 8.77. The second-order valence-electron chi connectivity index (χ2n) is 7.13. The Kier molecular flexibility index (Phi) is 6.49. The van der Waals surface area contributed by atoms with Crippen molar-refractivity contribution in [1.82, 2.24) is 9.88 Å². The number of fused-ring (bicyclic) bond motifs is 1. The van der Waals surface area contributed by atoms with Crippen molar-refractivity contribution in [1.29, 1.82) is 0 Å². The number of nitrogens with zero attached hydrogens (tertiary/aromatic N) is 2. The van der Waals surface area contributed by atoms with Crippen molar-refractivity contribution < 1.29 is 14.2 Å². The molecule has 6 nitrogen and oxygen atoms in total. The predicted octanol–water partition coefficient (Wildman–Crippen LogP) is 4.46. The number of aryl methyl sites for hydroxylation is 1. The molecule has 154 valence electrons. The average molecular weight is 414 g/mol. The number of benzene rings is 1. The number of ether oxygens (including phenoxy) is 3. The highest BCUT2D eigenvalue weighted by Gasteiger charge is 2.13. The summed E-state index contributed by atoms with van der Waals surface area (Å²) in [6, 6.07) is 5.96. The minimum absolute atomic E-state index is 0.644. The maximum absolute atomic E-state index is 6.05. The summed E-state index contributed by atoms with van der Waals surface area (Å²) >= 11 is 1.69. The van der Waals surface area contributed by atoms with Crippen molar-refractivity contribution in [2.45, 2.75) is 13.3 Å². The zero-order chi connectivity index (χ0) is 20.1. The number of aromatic nitrogens is 1. The molecule has 1 N–H and O–H groups in total. The van der Waals surface area contributed by atoms with Crippen LogP contribution in [0, 0.1) is 6.92 Å². The molecule has 1 saturated heterocycles. The molecule has 0 unspecified atom stereocenters. The first kappa shape index (κ1) is 19.9. The summed E-state index contributed by atoms with van der Waals surface area (Å²) in [5.74, 6) is 1.46. The van der Waals surface area contributed by atoms with Gasteiger partial charge < -0.3 is 19.5 Å². The predicted molar refractivity (Wildman–Crippen MR) is 118 cm³/mol. The lowest BCUT2D eigenvalue weighted by molar-refractivity contribution is 0.0357. The van der Waals surface area contributed by atoms with Crippen LogP contribution in [-0.2, 0) is 4.74 Å². The maximum Gasteiger partial charge on any atom is 0.163 e. The minimum atomic E-state index is 0.644. The Morgan fingerprint density at radius 2 is 2.03 bits per heavy atom. The summed E-state index contributed by atoms with van der Waals surface area (Å²) < 4.78 is 17.1. The van der Waals surface area contributed by atoms with E-state index in [1.54, 1.807) is 18.4 Å². The molecule has 4 rings (SSSR count). The van der Waals surface area contributed by atoms with Crippen LogP contribution in [-0.4, -0.2) is 56.4 Å². The van der Waals surface area contributed by atoms with Gasteiger partial charge in [-0.3, -0.25) is 9.88 Å². The highest BCUT2D eigenvalue weighted by molar-refractivity contribution is 7.08. The van der Waals surface area contributed by atoms with Gasteiger partial charge in [0, 0.05) is 48.4 Å². The third-order valence-electron chi connectivity index (χ3n) is 5.13. The van der Waals surface area contributed by atoms with Crippen molar-refractivity contribution in [3.05, 3.63) is 40.7 Å². The van der Waals surface area contributed by atoms with E-state index in [4.69, 9.17) is 14.2 Å². The summed E-state index contributed by atoms with van der Waals surface area (Å²) in [6.45, 7) is 7.42. The van der Waals surface area contributed by atoms with Crippen LogP contribution in [0.1, 0.15) is 12.0 Å². The summed E-state index contributed by atoms with van der Waals surface area (Å²) in [6.07, 6.45) is 2.79. The van der Waals surface area contributed by atoms with Gasteiger partial charge in [0.25, 0.3) is 0 Å². The number of hydrogen-bond donors (Lipinski definition) is 1. The third kappa shape index (κ3) is 4.80. The van der Waals surface area contributed by atoms with E-state index in [1.807, 2.05) is 24.4 Å². The van der Waals surface area contributed by atoms with Gasteiger partial charge in [-0.15, -0.1) is 11.3 Å². The molecule has 1 aliphatic rings. The third-order valence-corrected chi connectivity index (χ3v) is 5.99. The van der Waals surface area contributed by atoms with Gasteiger partial charge in [0.05, 0.1) is 38.1 Å². The van der Waals surface area contributed by atoms with Crippen LogP contribution in [0.4, 0.5) is 11.4 Å². The second kappa shape index (κ2) is 9.43. The molecule has 0 spiro atoms. The Morgan fingerprint density at radius 1 is 1.17 bits per heavy atom. The van der Waals surface area contributed by atoms with Crippen molar-refractivity contribution in [3.8, 4) is 11.5 Å². The van der Waals surface area contributed by atoms with Gasteiger partial charge in [-0.25, -0.2) is 0 Å². The molecule has 3 heterocycles. The zero-order valence-corrected chi connectivity index (χ0v) is 17.8. The molecule has 0 aliphatic carbocycles. The molecular weight excluding hydrogens is 386 g/mol. The number of thiophene rings is 1. The largest absolute Gasteiger partial charge is 0.493 e. The standard InChI is InChI=1S/C22H27N3O3S/c1-16-14-29-15-20(16)24-18-4-5-23-19-13-22(21(26-2)12-17(18)19)28-9-3-6-25-7-10-27-11-8-25/h4-5,12-15H,3,6-11H2,1-2H3,(H,23,24). The Balaban J connectivity index is 1.47. The van der Waals surface area contributed by atoms with Gasteiger partial charge in [0.15, 0.2) is 11.5 Å². The van der Waals surface area contributed by atoms with E-state index in [2.05, 4.69) is 32.9 Å². The van der Waals surface area contributed by atoms with Crippen molar-refractivity contribution in [3.63, 3.8) is 0 Å². The fraction of sp³-hybridized carbons (Fsp3) is 0.409. The molecule has 29 heavy (non-hydrogen) atoms. The molecule has 0 atom stereocenters. The molecule has 1 fully saturated rings. The number of anilines is 2. The van der Waals surface area contributed by atoms with Crippen molar-refractivity contribution in [2.24, 2.45) is 0 Å². The highest BCUT2D eigenvalue weighted by Crippen LogP contribution is 2.36. The first-order valence-corrected chi connectivity index (χ1v) is 10.9. The first-order valence-electron chi connectivity index (χ1n) is 9.94. The number of hydrogen-bond acceptors (Lipinski definition) is 7. The van der Waals surface area contributed by atoms with E-state index in [1.165, 1.54) is 5.56 Å². The van der Waals surface area contributed by atoms with Crippen LogP contribution < -0.4 is 14.8 Å². The molecule has 0 saturated carbocycles. The van der Waals surface area contributed by atoms with Crippen molar-refractivity contribution in [2.75, 3.05) is 51.9 Å². The van der Waals surface area contributed by atoms with E-state index < -0.39 is 0 Å². The molecule has 3 aromatic rings. The fourth-order valence-electron chi connectivity index (χ4n) is 3.46. The minimum Gasteiger partial charge on any atom is -0.493 e.